The molecule has 1 saturated heterocycles. The Balaban J connectivity index is 1.94. The molecule has 19 heavy (non-hydrogen) atoms. The van der Waals surface area contributed by atoms with Crippen molar-refractivity contribution in [1.82, 2.24) is 10.6 Å². The lowest BCUT2D eigenvalue weighted by Crippen LogP contribution is -2.61. The first-order chi connectivity index (χ1) is 8.80. The highest BCUT2D eigenvalue weighted by atomic mass is 16.3. The molecule has 0 aliphatic carbocycles. The Labute approximate surface area is 115 Å². The van der Waals surface area contributed by atoms with Gasteiger partial charge in [0.15, 0.2) is 0 Å². The zero-order chi connectivity index (χ0) is 14.1. The van der Waals surface area contributed by atoms with Crippen LogP contribution >= 0.6 is 0 Å². The van der Waals surface area contributed by atoms with E-state index in [4.69, 9.17) is 9.68 Å². The molecule has 2 heterocycles. The molecular weight excluding hydrogens is 238 g/mol. The molecular formula is C15H23N3O. The van der Waals surface area contributed by atoms with Crippen molar-refractivity contribution in [3.05, 3.63) is 23.7 Å². The van der Waals surface area contributed by atoms with E-state index in [-0.39, 0.29) is 11.1 Å². The van der Waals surface area contributed by atoms with E-state index in [0.717, 1.165) is 18.6 Å². The Morgan fingerprint density at radius 1 is 1.32 bits per heavy atom. The number of rotatable bonds is 3. The van der Waals surface area contributed by atoms with Crippen LogP contribution in [0.4, 0.5) is 0 Å². The molecule has 104 valence electrons. The highest BCUT2D eigenvalue weighted by molar-refractivity contribution is 5.19. The standard InChI is InChI=1S/C15H23N3O/c1-14(2)7-11(8-15(3,4)18-14)17-10-13-6-5-12(9-16)19-13/h5-6,11,17-18H,7-8,10H2,1-4H3. The summed E-state index contributed by atoms with van der Waals surface area (Å²) in [4.78, 5) is 0. The van der Waals surface area contributed by atoms with Crippen molar-refractivity contribution in [2.45, 2.75) is 64.2 Å². The van der Waals surface area contributed by atoms with Crippen molar-refractivity contribution >= 4 is 0 Å². The molecule has 1 fully saturated rings. The predicted molar refractivity (Wildman–Crippen MR) is 74.6 cm³/mol. The van der Waals surface area contributed by atoms with Gasteiger partial charge in [0.1, 0.15) is 11.8 Å². The molecule has 0 atom stereocenters. The summed E-state index contributed by atoms with van der Waals surface area (Å²) < 4.78 is 5.39. The van der Waals surface area contributed by atoms with Crippen LogP contribution in [0.25, 0.3) is 0 Å². The van der Waals surface area contributed by atoms with E-state index < -0.39 is 0 Å². The van der Waals surface area contributed by atoms with Crippen LogP contribution in [0.15, 0.2) is 16.5 Å². The number of nitrogens with zero attached hydrogens (tertiary/aromatic N) is 1. The largest absolute Gasteiger partial charge is 0.449 e. The number of piperidine rings is 1. The van der Waals surface area contributed by atoms with Crippen LogP contribution in [0.2, 0.25) is 0 Å². The van der Waals surface area contributed by atoms with Crippen LogP contribution in [0.1, 0.15) is 52.1 Å². The second-order valence-corrected chi connectivity index (χ2v) is 6.76. The Bertz CT molecular complexity index is 466. The van der Waals surface area contributed by atoms with Gasteiger partial charge in [0.05, 0.1) is 6.54 Å². The summed E-state index contributed by atoms with van der Waals surface area (Å²) in [5.41, 5.74) is 0.279. The Hall–Kier alpha value is -1.31. The SMILES string of the molecule is CC1(C)CC(NCc2ccc(C#N)o2)CC(C)(C)N1. The van der Waals surface area contributed by atoms with Gasteiger partial charge in [-0.2, -0.15) is 5.26 Å². The maximum atomic E-state index is 8.73. The first kappa shape index (κ1) is 14.1. The molecule has 1 aromatic heterocycles. The van der Waals surface area contributed by atoms with Crippen molar-refractivity contribution in [1.29, 1.82) is 5.26 Å². The highest BCUT2D eigenvalue weighted by Gasteiger charge is 2.37. The third-order valence-electron chi connectivity index (χ3n) is 3.53. The smallest absolute Gasteiger partial charge is 0.203 e. The maximum absolute atomic E-state index is 8.73. The van der Waals surface area contributed by atoms with Crippen LogP contribution in [-0.2, 0) is 6.54 Å². The van der Waals surface area contributed by atoms with Gasteiger partial charge in [-0.25, -0.2) is 0 Å². The molecule has 0 amide bonds. The fourth-order valence-electron chi connectivity index (χ4n) is 3.24. The predicted octanol–water partition coefficient (Wildman–Crippen LogP) is 2.55. The highest BCUT2D eigenvalue weighted by Crippen LogP contribution is 2.28. The monoisotopic (exact) mass is 261 g/mol. The first-order valence-electron chi connectivity index (χ1n) is 6.81. The Kier molecular flexibility index (Phi) is 3.71. The van der Waals surface area contributed by atoms with Gasteiger partial charge in [0.25, 0.3) is 0 Å². The van der Waals surface area contributed by atoms with Crippen molar-refractivity contribution in [2.75, 3.05) is 0 Å². The number of furan rings is 1. The minimum atomic E-state index is 0.139. The molecule has 2 rings (SSSR count). The van der Waals surface area contributed by atoms with Gasteiger partial charge in [0.2, 0.25) is 5.76 Å². The van der Waals surface area contributed by atoms with Gasteiger partial charge in [-0.05, 0) is 52.7 Å². The lowest BCUT2D eigenvalue weighted by molar-refractivity contribution is 0.144. The van der Waals surface area contributed by atoms with Crippen molar-refractivity contribution in [2.24, 2.45) is 0 Å². The van der Waals surface area contributed by atoms with Gasteiger partial charge in [0, 0.05) is 17.1 Å². The van der Waals surface area contributed by atoms with Gasteiger partial charge in [-0.15, -0.1) is 0 Å². The lowest BCUT2D eigenvalue weighted by atomic mass is 9.79. The number of nitriles is 1. The molecule has 0 unspecified atom stereocenters. The zero-order valence-electron chi connectivity index (χ0n) is 12.2. The van der Waals surface area contributed by atoms with E-state index in [9.17, 15) is 0 Å². The quantitative estimate of drug-likeness (QED) is 0.878. The number of hydrogen-bond acceptors (Lipinski definition) is 4. The van der Waals surface area contributed by atoms with Gasteiger partial charge in [-0.1, -0.05) is 0 Å². The van der Waals surface area contributed by atoms with Crippen LogP contribution in [0.5, 0.6) is 0 Å². The summed E-state index contributed by atoms with van der Waals surface area (Å²) in [5.74, 6) is 1.20. The summed E-state index contributed by atoms with van der Waals surface area (Å²) in [6.45, 7) is 9.64. The van der Waals surface area contributed by atoms with Crippen LogP contribution in [0, 0.1) is 11.3 Å². The molecule has 2 N–H and O–H groups in total. The molecule has 0 spiro atoms. The van der Waals surface area contributed by atoms with Crippen LogP contribution < -0.4 is 10.6 Å². The Morgan fingerprint density at radius 2 is 1.95 bits per heavy atom. The summed E-state index contributed by atoms with van der Waals surface area (Å²) in [6.07, 6.45) is 2.17. The molecule has 1 aromatic rings. The van der Waals surface area contributed by atoms with Crippen LogP contribution in [0.3, 0.4) is 0 Å². The molecule has 4 heteroatoms. The van der Waals surface area contributed by atoms with Crippen molar-refractivity contribution in [3.8, 4) is 6.07 Å². The lowest BCUT2D eigenvalue weighted by Gasteiger charge is -2.46. The molecule has 4 nitrogen and oxygen atoms in total. The molecule has 0 saturated carbocycles. The average molecular weight is 261 g/mol. The molecule has 0 aromatic carbocycles. The second kappa shape index (κ2) is 4.99. The normalized spacial score (nSPS) is 22.1. The van der Waals surface area contributed by atoms with Gasteiger partial charge in [-0.3, -0.25) is 0 Å². The molecule has 1 aliphatic heterocycles. The van der Waals surface area contributed by atoms with Crippen molar-refractivity contribution < 1.29 is 4.42 Å². The summed E-state index contributed by atoms with van der Waals surface area (Å²) in [5, 5.41) is 15.9. The van der Waals surface area contributed by atoms with E-state index in [1.54, 1.807) is 6.07 Å². The maximum Gasteiger partial charge on any atom is 0.203 e. The average Bonchev–Trinajstić information content (AvgIpc) is 2.70. The van der Waals surface area contributed by atoms with E-state index in [2.05, 4.69) is 38.3 Å². The van der Waals surface area contributed by atoms with E-state index >= 15 is 0 Å². The summed E-state index contributed by atoms with van der Waals surface area (Å²) >= 11 is 0. The minimum Gasteiger partial charge on any atom is -0.449 e. The minimum absolute atomic E-state index is 0.139. The number of nitrogens with one attached hydrogen (secondary N) is 2. The molecule has 0 radical (unpaired) electrons. The second-order valence-electron chi connectivity index (χ2n) is 6.76. The van der Waals surface area contributed by atoms with Crippen LogP contribution in [-0.4, -0.2) is 17.1 Å². The van der Waals surface area contributed by atoms with E-state index in [1.165, 1.54) is 0 Å². The fraction of sp³-hybridized carbons (Fsp3) is 0.667. The van der Waals surface area contributed by atoms with Crippen molar-refractivity contribution in [3.63, 3.8) is 0 Å². The first-order valence-corrected chi connectivity index (χ1v) is 6.81. The van der Waals surface area contributed by atoms with Gasteiger partial charge < -0.3 is 15.1 Å². The van der Waals surface area contributed by atoms with E-state index in [1.807, 2.05) is 12.1 Å². The molecule has 0 bridgehead atoms. The van der Waals surface area contributed by atoms with E-state index in [0.29, 0.717) is 18.3 Å². The third kappa shape index (κ3) is 3.82. The summed E-state index contributed by atoms with van der Waals surface area (Å²) in [6, 6.07) is 6.05. The third-order valence-corrected chi connectivity index (χ3v) is 3.53. The Morgan fingerprint density at radius 3 is 2.47 bits per heavy atom. The summed E-state index contributed by atoms with van der Waals surface area (Å²) in [7, 11) is 0. The fourth-order valence-corrected chi connectivity index (χ4v) is 3.24. The van der Waals surface area contributed by atoms with Gasteiger partial charge >= 0.3 is 0 Å². The zero-order valence-corrected chi connectivity index (χ0v) is 12.2. The molecule has 1 aliphatic rings. The number of hydrogen-bond donors (Lipinski definition) is 2. The topological polar surface area (TPSA) is 61.0 Å².